The van der Waals surface area contributed by atoms with Crippen LogP contribution in [0.3, 0.4) is 0 Å². The number of carboxylic acid groups (broad SMARTS) is 1. The summed E-state index contributed by atoms with van der Waals surface area (Å²) in [6.45, 7) is 5.04. The molecule has 0 aromatic rings. The first kappa shape index (κ1) is 18.5. The highest BCUT2D eigenvalue weighted by molar-refractivity contribution is 5.75. The highest BCUT2D eigenvalue weighted by atomic mass is 16.4. The van der Waals surface area contributed by atoms with Crippen molar-refractivity contribution in [3.63, 3.8) is 0 Å². The Balaban J connectivity index is 1.31. The van der Waals surface area contributed by atoms with Crippen LogP contribution >= 0.6 is 0 Å². The van der Waals surface area contributed by atoms with E-state index in [1.807, 2.05) is 0 Å². The zero-order valence-corrected chi connectivity index (χ0v) is 15.3. The Morgan fingerprint density at radius 1 is 0.960 bits per heavy atom. The Morgan fingerprint density at radius 3 is 2.20 bits per heavy atom. The number of piperidine rings is 2. The van der Waals surface area contributed by atoms with E-state index in [4.69, 9.17) is 5.11 Å². The van der Waals surface area contributed by atoms with Crippen LogP contribution in [0, 0.1) is 11.3 Å². The minimum atomic E-state index is -0.735. The van der Waals surface area contributed by atoms with Crippen molar-refractivity contribution >= 4 is 12.0 Å². The highest BCUT2D eigenvalue weighted by Gasteiger charge is 2.35. The van der Waals surface area contributed by atoms with E-state index in [2.05, 4.69) is 10.2 Å². The van der Waals surface area contributed by atoms with Crippen molar-refractivity contribution in [1.29, 1.82) is 0 Å². The average Bonchev–Trinajstić information content (AvgIpc) is 2.64. The number of hydrogen-bond donors (Lipinski definition) is 2. The molecule has 2 saturated heterocycles. The molecule has 0 bridgehead atoms. The maximum Gasteiger partial charge on any atom is 0.317 e. The third-order valence-electron chi connectivity index (χ3n) is 6.67. The number of aliphatic carboxylic acids is 1. The third-order valence-corrected chi connectivity index (χ3v) is 6.67. The van der Waals surface area contributed by atoms with Crippen LogP contribution in [0.25, 0.3) is 0 Å². The number of carbonyl (C=O) groups is 2. The standard InChI is InChI=1S/C19H33N3O3/c23-17(24)16-4-11-22(12-5-16)18(25)20-10-15-21-13-8-19(9-14-21)6-2-1-3-7-19/h16H,1-15H2,(H,20,25)(H,23,24). The number of hydrogen-bond acceptors (Lipinski definition) is 3. The normalized spacial score (nSPS) is 25.0. The van der Waals surface area contributed by atoms with E-state index in [1.54, 1.807) is 4.90 Å². The van der Waals surface area contributed by atoms with Crippen molar-refractivity contribution in [2.24, 2.45) is 11.3 Å². The van der Waals surface area contributed by atoms with Crippen molar-refractivity contribution < 1.29 is 14.7 Å². The lowest BCUT2D eigenvalue weighted by Gasteiger charge is -2.44. The Hall–Kier alpha value is -1.30. The minimum absolute atomic E-state index is 0.0374. The second-order valence-corrected chi connectivity index (χ2v) is 8.23. The largest absolute Gasteiger partial charge is 0.481 e. The summed E-state index contributed by atoms with van der Waals surface area (Å²) >= 11 is 0. The van der Waals surface area contributed by atoms with Gasteiger partial charge in [0.2, 0.25) is 0 Å². The number of rotatable bonds is 4. The number of carboxylic acids is 1. The first-order valence-electron chi connectivity index (χ1n) is 10.1. The molecule has 3 rings (SSSR count). The van der Waals surface area contributed by atoms with Gasteiger partial charge in [-0.1, -0.05) is 19.3 Å². The molecule has 0 aromatic carbocycles. The number of nitrogens with zero attached hydrogens (tertiary/aromatic N) is 2. The Kier molecular flexibility index (Phi) is 6.20. The average molecular weight is 351 g/mol. The Bertz CT molecular complexity index is 459. The van der Waals surface area contributed by atoms with Gasteiger partial charge >= 0.3 is 12.0 Å². The van der Waals surface area contributed by atoms with Gasteiger partial charge in [-0.05, 0) is 57.0 Å². The molecule has 1 saturated carbocycles. The zero-order chi connectivity index (χ0) is 17.7. The van der Waals surface area contributed by atoms with E-state index in [1.165, 1.54) is 58.0 Å². The molecule has 1 spiro atoms. The van der Waals surface area contributed by atoms with Crippen LogP contribution in [0.2, 0.25) is 0 Å². The van der Waals surface area contributed by atoms with Gasteiger partial charge < -0.3 is 20.2 Å². The van der Waals surface area contributed by atoms with Crippen molar-refractivity contribution in [3.8, 4) is 0 Å². The third kappa shape index (κ3) is 4.87. The number of amides is 2. The fourth-order valence-electron chi connectivity index (χ4n) is 4.82. The maximum atomic E-state index is 12.2. The molecule has 0 aromatic heterocycles. The molecule has 6 nitrogen and oxygen atoms in total. The second kappa shape index (κ2) is 8.39. The molecular weight excluding hydrogens is 318 g/mol. The van der Waals surface area contributed by atoms with Crippen LogP contribution in [0.15, 0.2) is 0 Å². The summed E-state index contributed by atoms with van der Waals surface area (Å²) in [4.78, 5) is 27.4. The van der Waals surface area contributed by atoms with E-state index < -0.39 is 5.97 Å². The second-order valence-electron chi connectivity index (χ2n) is 8.23. The van der Waals surface area contributed by atoms with E-state index in [9.17, 15) is 9.59 Å². The van der Waals surface area contributed by atoms with E-state index in [0.29, 0.717) is 37.9 Å². The van der Waals surface area contributed by atoms with Crippen LogP contribution in [0.1, 0.15) is 57.8 Å². The SMILES string of the molecule is O=C(O)C1CCN(C(=O)NCCN2CCC3(CCCCC3)CC2)CC1. The van der Waals surface area contributed by atoms with Crippen LogP contribution in [0.4, 0.5) is 4.79 Å². The van der Waals surface area contributed by atoms with Crippen LogP contribution in [-0.2, 0) is 4.79 Å². The smallest absolute Gasteiger partial charge is 0.317 e. The van der Waals surface area contributed by atoms with Crippen molar-refractivity contribution in [3.05, 3.63) is 0 Å². The predicted octanol–water partition coefficient (Wildman–Crippen LogP) is 2.54. The molecule has 2 amide bonds. The number of urea groups is 1. The highest BCUT2D eigenvalue weighted by Crippen LogP contribution is 2.44. The lowest BCUT2D eigenvalue weighted by atomic mass is 9.68. The summed E-state index contributed by atoms with van der Waals surface area (Å²) in [6.07, 6.45) is 10.9. The number of carbonyl (C=O) groups excluding carboxylic acids is 1. The summed E-state index contributed by atoms with van der Waals surface area (Å²) < 4.78 is 0. The Labute approximate surface area is 150 Å². The molecule has 2 N–H and O–H groups in total. The van der Waals surface area contributed by atoms with Crippen molar-refractivity contribution in [1.82, 2.24) is 15.1 Å². The predicted molar refractivity (Wildman–Crippen MR) is 96.5 cm³/mol. The number of nitrogens with one attached hydrogen (secondary N) is 1. The molecule has 0 radical (unpaired) electrons. The van der Waals surface area contributed by atoms with E-state index >= 15 is 0 Å². The molecule has 25 heavy (non-hydrogen) atoms. The quantitative estimate of drug-likeness (QED) is 0.816. The molecule has 1 aliphatic carbocycles. The van der Waals surface area contributed by atoms with Gasteiger partial charge in [0, 0.05) is 26.2 Å². The molecule has 3 aliphatic rings. The first-order valence-corrected chi connectivity index (χ1v) is 10.1. The van der Waals surface area contributed by atoms with Crippen LogP contribution in [-0.4, -0.2) is 66.2 Å². The molecule has 0 atom stereocenters. The lowest BCUT2D eigenvalue weighted by molar-refractivity contribution is -0.143. The van der Waals surface area contributed by atoms with Gasteiger partial charge in [0.05, 0.1) is 5.92 Å². The molecule has 3 fully saturated rings. The molecule has 142 valence electrons. The van der Waals surface area contributed by atoms with Crippen molar-refractivity contribution in [2.75, 3.05) is 39.3 Å². The van der Waals surface area contributed by atoms with E-state index in [-0.39, 0.29) is 11.9 Å². The van der Waals surface area contributed by atoms with Gasteiger partial charge in [-0.2, -0.15) is 0 Å². The van der Waals surface area contributed by atoms with Crippen LogP contribution < -0.4 is 5.32 Å². The van der Waals surface area contributed by atoms with Gasteiger partial charge in [-0.25, -0.2) is 4.79 Å². The first-order chi connectivity index (χ1) is 12.1. The summed E-state index contributed by atoms with van der Waals surface area (Å²) in [6, 6.07) is -0.0374. The van der Waals surface area contributed by atoms with E-state index in [0.717, 1.165) is 6.54 Å². The fourth-order valence-corrected chi connectivity index (χ4v) is 4.82. The van der Waals surface area contributed by atoms with Crippen molar-refractivity contribution in [2.45, 2.75) is 57.8 Å². The van der Waals surface area contributed by atoms with Gasteiger partial charge in [0.1, 0.15) is 0 Å². The van der Waals surface area contributed by atoms with Gasteiger partial charge in [0.15, 0.2) is 0 Å². The Morgan fingerprint density at radius 2 is 1.60 bits per heavy atom. The summed E-state index contributed by atoms with van der Waals surface area (Å²) in [7, 11) is 0. The molecule has 2 heterocycles. The summed E-state index contributed by atoms with van der Waals surface area (Å²) in [5.41, 5.74) is 0.631. The minimum Gasteiger partial charge on any atom is -0.481 e. The maximum absolute atomic E-state index is 12.2. The fraction of sp³-hybridized carbons (Fsp3) is 0.895. The zero-order valence-electron chi connectivity index (χ0n) is 15.3. The summed E-state index contributed by atoms with van der Waals surface area (Å²) in [5, 5.41) is 12.0. The molecular formula is C19H33N3O3. The monoisotopic (exact) mass is 351 g/mol. The topological polar surface area (TPSA) is 72.9 Å². The lowest BCUT2D eigenvalue weighted by Crippen LogP contribution is -2.48. The summed E-state index contributed by atoms with van der Waals surface area (Å²) in [5.74, 6) is -1.02. The van der Waals surface area contributed by atoms with Gasteiger partial charge in [-0.3, -0.25) is 4.79 Å². The van der Waals surface area contributed by atoms with Gasteiger partial charge in [0.25, 0.3) is 0 Å². The number of likely N-dealkylation sites (tertiary alicyclic amines) is 2. The van der Waals surface area contributed by atoms with Gasteiger partial charge in [-0.15, -0.1) is 0 Å². The molecule has 0 unspecified atom stereocenters. The van der Waals surface area contributed by atoms with Crippen LogP contribution in [0.5, 0.6) is 0 Å². The molecule has 2 aliphatic heterocycles. The molecule has 6 heteroatoms.